The first kappa shape index (κ1) is 21.9. The third-order valence-electron chi connectivity index (χ3n) is 6.05. The predicted octanol–water partition coefficient (Wildman–Crippen LogP) is 4.76. The first-order chi connectivity index (χ1) is 16.4. The standard InChI is InChI=1S/C26H25FN6O/c1-15-4-8-23(28-13-15)18-10-19(25-32-31-24(33(25)3)17-5-6-17)12-20(11-18)26(34)30-16(2)22-9-7-21(27)14-29-22/h4,7-14,16-17H,5-6H2,1-3H3,(H,30,34). The smallest absolute Gasteiger partial charge is 0.251 e. The van der Waals surface area contributed by atoms with Crippen LogP contribution in [0.3, 0.4) is 0 Å². The average molecular weight is 457 g/mol. The number of amides is 1. The summed E-state index contributed by atoms with van der Waals surface area (Å²) >= 11 is 0. The molecule has 0 bridgehead atoms. The van der Waals surface area contributed by atoms with E-state index in [1.807, 2.05) is 55.8 Å². The molecule has 8 heteroatoms. The van der Waals surface area contributed by atoms with Crippen molar-refractivity contribution in [3.05, 3.63) is 83.3 Å². The van der Waals surface area contributed by atoms with E-state index in [-0.39, 0.29) is 5.91 Å². The quantitative estimate of drug-likeness (QED) is 0.452. The molecule has 1 N–H and O–H groups in total. The van der Waals surface area contributed by atoms with Crippen molar-refractivity contribution in [1.29, 1.82) is 0 Å². The van der Waals surface area contributed by atoms with E-state index in [1.54, 1.807) is 12.3 Å². The molecule has 34 heavy (non-hydrogen) atoms. The van der Waals surface area contributed by atoms with Gasteiger partial charge in [-0.05, 0) is 68.7 Å². The van der Waals surface area contributed by atoms with Crippen LogP contribution < -0.4 is 5.32 Å². The van der Waals surface area contributed by atoms with Crippen molar-refractivity contribution in [3.8, 4) is 22.6 Å². The Bertz CT molecular complexity index is 1340. The molecule has 172 valence electrons. The first-order valence-electron chi connectivity index (χ1n) is 11.3. The Morgan fingerprint density at radius 1 is 1.06 bits per heavy atom. The van der Waals surface area contributed by atoms with Crippen molar-refractivity contribution in [1.82, 2.24) is 30.0 Å². The molecule has 0 spiro atoms. The molecular formula is C26H25FN6O. The Morgan fingerprint density at radius 2 is 1.85 bits per heavy atom. The van der Waals surface area contributed by atoms with E-state index < -0.39 is 11.9 Å². The molecule has 5 rings (SSSR count). The van der Waals surface area contributed by atoms with Crippen LogP contribution in [0.15, 0.2) is 54.9 Å². The number of carbonyl (C=O) groups excluding carboxylic acids is 1. The maximum atomic E-state index is 13.2. The van der Waals surface area contributed by atoms with Gasteiger partial charge in [-0.2, -0.15) is 0 Å². The van der Waals surface area contributed by atoms with Crippen LogP contribution in [-0.2, 0) is 7.05 Å². The van der Waals surface area contributed by atoms with Gasteiger partial charge in [-0.3, -0.25) is 14.8 Å². The molecule has 1 aliphatic rings. The molecule has 0 aliphatic heterocycles. The number of halogens is 1. The zero-order chi connectivity index (χ0) is 23.8. The molecule has 1 atom stereocenters. The summed E-state index contributed by atoms with van der Waals surface area (Å²) in [5, 5.41) is 11.8. The summed E-state index contributed by atoms with van der Waals surface area (Å²) in [6, 6.07) is 12.1. The summed E-state index contributed by atoms with van der Waals surface area (Å²) in [6.45, 7) is 3.80. The second-order valence-electron chi connectivity index (χ2n) is 8.83. The summed E-state index contributed by atoms with van der Waals surface area (Å²) in [5.74, 6) is 1.45. The van der Waals surface area contributed by atoms with Gasteiger partial charge < -0.3 is 9.88 Å². The number of carbonyl (C=O) groups is 1. The SMILES string of the molecule is Cc1ccc(-c2cc(C(=O)NC(C)c3ccc(F)cn3)cc(-c3nnc(C4CC4)n3C)c2)nc1. The summed E-state index contributed by atoms with van der Waals surface area (Å²) in [5.41, 5.74) is 4.47. The molecule has 4 aromatic rings. The molecule has 3 heterocycles. The lowest BCUT2D eigenvalue weighted by Gasteiger charge is -2.15. The Balaban J connectivity index is 1.52. The fourth-order valence-corrected chi connectivity index (χ4v) is 3.96. The summed E-state index contributed by atoms with van der Waals surface area (Å²) in [7, 11) is 1.96. The predicted molar refractivity (Wildman–Crippen MR) is 126 cm³/mol. The van der Waals surface area contributed by atoms with Gasteiger partial charge >= 0.3 is 0 Å². The third kappa shape index (κ3) is 4.44. The molecule has 0 radical (unpaired) electrons. The van der Waals surface area contributed by atoms with Crippen LogP contribution in [0.4, 0.5) is 4.39 Å². The van der Waals surface area contributed by atoms with Crippen molar-refractivity contribution >= 4 is 5.91 Å². The van der Waals surface area contributed by atoms with Gasteiger partial charge in [-0.1, -0.05) is 6.07 Å². The molecule has 0 saturated heterocycles. The van der Waals surface area contributed by atoms with Crippen LogP contribution in [-0.4, -0.2) is 30.6 Å². The summed E-state index contributed by atoms with van der Waals surface area (Å²) in [4.78, 5) is 21.9. The topological polar surface area (TPSA) is 85.6 Å². The van der Waals surface area contributed by atoms with E-state index in [2.05, 4.69) is 25.5 Å². The zero-order valence-electron chi connectivity index (χ0n) is 19.3. The van der Waals surface area contributed by atoms with Crippen molar-refractivity contribution in [2.45, 2.75) is 38.6 Å². The van der Waals surface area contributed by atoms with Gasteiger partial charge in [0, 0.05) is 35.9 Å². The molecule has 1 amide bonds. The lowest BCUT2D eigenvalue weighted by atomic mass is 10.0. The van der Waals surface area contributed by atoms with Crippen LogP contribution in [0, 0.1) is 12.7 Å². The average Bonchev–Trinajstić information content (AvgIpc) is 3.60. The highest BCUT2D eigenvalue weighted by atomic mass is 19.1. The van der Waals surface area contributed by atoms with E-state index >= 15 is 0 Å². The number of benzene rings is 1. The number of pyridine rings is 2. The van der Waals surface area contributed by atoms with Crippen LogP contribution in [0.2, 0.25) is 0 Å². The number of hydrogen-bond donors (Lipinski definition) is 1. The molecule has 1 aliphatic carbocycles. The zero-order valence-corrected chi connectivity index (χ0v) is 19.3. The fraction of sp³-hybridized carbons (Fsp3) is 0.269. The van der Waals surface area contributed by atoms with E-state index in [0.717, 1.165) is 47.2 Å². The van der Waals surface area contributed by atoms with Crippen molar-refractivity contribution < 1.29 is 9.18 Å². The number of rotatable bonds is 6. The van der Waals surface area contributed by atoms with Crippen LogP contribution in [0.1, 0.15) is 59.2 Å². The minimum Gasteiger partial charge on any atom is -0.344 e. The Hall–Kier alpha value is -3.94. The third-order valence-corrected chi connectivity index (χ3v) is 6.05. The van der Waals surface area contributed by atoms with Crippen LogP contribution in [0.25, 0.3) is 22.6 Å². The largest absolute Gasteiger partial charge is 0.344 e. The summed E-state index contributed by atoms with van der Waals surface area (Å²) < 4.78 is 15.2. The van der Waals surface area contributed by atoms with E-state index in [9.17, 15) is 9.18 Å². The van der Waals surface area contributed by atoms with Crippen LogP contribution in [0.5, 0.6) is 0 Å². The Kier molecular flexibility index (Phi) is 5.65. The fourth-order valence-electron chi connectivity index (χ4n) is 3.96. The second-order valence-corrected chi connectivity index (χ2v) is 8.83. The molecule has 1 aromatic carbocycles. The number of aryl methyl sites for hydroxylation is 1. The van der Waals surface area contributed by atoms with Gasteiger partial charge in [-0.15, -0.1) is 10.2 Å². The van der Waals surface area contributed by atoms with Gasteiger partial charge in [-0.25, -0.2) is 4.39 Å². The molecule has 1 saturated carbocycles. The number of hydrogen-bond acceptors (Lipinski definition) is 5. The molecular weight excluding hydrogens is 431 g/mol. The molecule has 1 unspecified atom stereocenters. The Morgan fingerprint density at radius 3 is 2.53 bits per heavy atom. The van der Waals surface area contributed by atoms with E-state index in [1.165, 1.54) is 6.07 Å². The molecule has 3 aromatic heterocycles. The van der Waals surface area contributed by atoms with Gasteiger partial charge in [0.05, 0.1) is 23.6 Å². The van der Waals surface area contributed by atoms with Gasteiger partial charge in [0.15, 0.2) is 5.82 Å². The minimum atomic E-state index is -0.417. The normalized spacial score (nSPS) is 14.1. The van der Waals surface area contributed by atoms with Gasteiger partial charge in [0.2, 0.25) is 0 Å². The monoisotopic (exact) mass is 456 g/mol. The van der Waals surface area contributed by atoms with Gasteiger partial charge in [0.25, 0.3) is 5.91 Å². The molecule has 7 nitrogen and oxygen atoms in total. The highest BCUT2D eigenvalue weighted by Crippen LogP contribution is 2.40. The van der Waals surface area contributed by atoms with Crippen molar-refractivity contribution in [3.63, 3.8) is 0 Å². The maximum Gasteiger partial charge on any atom is 0.251 e. The van der Waals surface area contributed by atoms with Gasteiger partial charge in [0.1, 0.15) is 11.6 Å². The highest BCUT2D eigenvalue weighted by Gasteiger charge is 2.29. The van der Waals surface area contributed by atoms with E-state index in [4.69, 9.17) is 0 Å². The van der Waals surface area contributed by atoms with E-state index in [0.29, 0.717) is 23.0 Å². The highest BCUT2D eigenvalue weighted by molar-refractivity contribution is 5.97. The lowest BCUT2D eigenvalue weighted by molar-refractivity contribution is 0.0939. The minimum absolute atomic E-state index is 0.265. The maximum absolute atomic E-state index is 13.2. The summed E-state index contributed by atoms with van der Waals surface area (Å²) in [6.07, 6.45) is 5.20. The van der Waals surface area contributed by atoms with Crippen molar-refractivity contribution in [2.75, 3.05) is 0 Å². The lowest BCUT2D eigenvalue weighted by Crippen LogP contribution is -2.27. The van der Waals surface area contributed by atoms with Crippen LogP contribution >= 0.6 is 0 Å². The Labute approximate surface area is 197 Å². The second kappa shape index (κ2) is 8.78. The molecule has 1 fully saturated rings. The number of aromatic nitrogens is 5. The first-order valence-corrected chi connectivity index (χ1v) is 11.3. The number of nitrogens with zero attached hydrogens (tertiary/aromatic N) is 5. The number of nitrogens with one attached hydrogen (secondary N) is 1. The van der Waals surface area contributed by atoms with Crippen molar-refractivity contribution in [2.24, 2.45) is 7.05 Å².